The summed E-state index contributed by atoms with van der Waals surface area (Å²) >= 11 is 0. The second-order valence-corrected chi connectivity index (χ2v) is 7.67. The fourth-order valence-electron chi connectivity index (χ4n) is 4.24. The van der Waals surface area contributed by atoms with Gasteiger partial charge in [-0.15, -0.1) is 0 Å². The number of pyridine rings is 1. The van der Waals surface area contributed by atoms with Gasteiger partial charge in [0.15, 0.2) is 5.82 Å². The second kappa shape index (κ2) is 8.93. The molecule has 33 heavy (non-hydrogen) atoms. The Morgan fingerprint density at radius 2 is 1.27 bits per heavy atom. The Kier molecular flexibility index (Phi) is 5.52. The van der Waals surface area contributed by atoms with Crippen molar-refractivity contribution < 1.29 is 4.79 Å². The summed E-state index contributed by atoms with van der Waals surface area (Å²) < 4.78 is 2.06. The molecular formula is C28H22N4O. The van der Waals surface area contributed by atoms with E-state index in [0.717, 1.165) is 16.7 Å². The number of rotatable bonds is 6. The van der Waals surface area contributed by atoms with Crippen LogP contribution in [0.4, 0.5) is 5.82 Å². The predicted molar refractivity (Wildman–Crippen MR) is 129 cm³/mol. The SMILES string of the molecule is O=C(Nc1cn(C(c2ccccc2)(c2ccccc2)c2ccccc2)cn1)c1cccnc1. The molecule has 5 aromatic rings. The van der Waals surface area contributed by atoms with Gasteiger partial charge in [-0.05, 0) is 28.8 Å². The molecule has 1 N–H and O–H groups in total. The highest BCUT2D eigenvalue weighted by atomic mass is 16.1. The van der Waals surface area contributed by atoms with Crippen molar-refractivity contribution in [3.05, 3.63) is 150 Å². The van der Waals surface area contributed by atoms with Crippen molar-refractivity contribution in [3.8, 4) is 0 Å². The Labute approximate surface area is 192 Å². The molecule has 0 saturated carbocycles. The number of nitrogens with one attached hydrogen (secondary N) is 1. The fraction of sp³-hybridized carbons (Fsp3) is 0.0357. The first-order valence-corrected chi connectivity index (χ1v) is 10.7. The maximum absolute atomic E-state index is 12.7. The van der Waals surface area contributed by atoms with Crippen molar-refractivity contribution in [2.24, 2.45) is 0 Å². The average Bonchev–Trinajstić information content (AvgIpc) is 3.35. The third-order valence-corrected chi connectivity index (χ3v) is 5.71. The maximum Gasteiger partial charge on any atom is 0.258 e. The standard InChI is InChI=1S/C28H22N4O/c33-27(22-11-10-18-29-19-22)31-26-20-32(21-30-26)28(23-12-4-1-5-13-23,24-14-6-2-7-15-24)25-16-8-3-9-17-25/h1-21H,(H,31,33). The van der Waals surface area contributed by atoms with Crippen LogP contribution in [-0.2, 0) is 5.54 Å². The lowest BCUT2D eigenvalue weighted by molar-refractivity contribution is 0.102. The van der Waals surface area contributed by atoms with Gasteiger partial charge in [-0.3, -0.25) is 9.78 Å². The van der Waals surface area contributed by atoms with E-state index in [9.17, 15) is 4.79 Å². The molecule has 1 amide bonds. The summed E-state index contributed by atoms with van der Waals surface area (Å²) in [6.07, 6.45) is 6.82. The molecule has 0 radical (unpaired) electrons. The van der Waals surface area contributed by atoms with E-state index in [1.807, 2.05) is 60.8 Å². The molecule has 5 rings (SSSR count). The lowest BCUT2D eigenvalue weighted by Gasteiger charge is -2.37. The largest absolute Gasteiger partial charge is 0.317 e. The van der Waals surface area contributed by atoms with Crippen LogP contribution in [-0.4, -0.2) is 20.4 Å². The number of hydrogen-bond acceptors (Lipinski definition) is 3. The molecule has 0 atom stereocenters. The van der Waals surface area contributed by atoms with Gasteiger partial charge in [-0.2, -0.15) is 0 Å². The Hall–Kier alpha value is -4.51. The number of benzene rings is 3. The lowest BCUT2D eigenvalue weighted by atomic mass is 9.77. The zero-order valence-electron chi connectivity index (χ0n) is 17.9. The van der Waals surface area contributed by atoms with Crippen LogP contribution in [0.15, 0.2) is 128 Å². The number of carbonyl (C=O) groups is 1. The van der Waals surface area contributed by atoms with Crippen LogP contribution in [0.3, 0.4) is 0 Å². The summed E-state index contributed by atoms with van der Waals surface area (Å²) in [5.74, 6) is 0.217. The topological polar surface area (TPSA) is 59.8 Å². The highest BCUT2D eigenvalue weighted by Crippen LogP contribution is 2.41. The van der Waals surface area contributed by atoms with Crippen molar-refractivity contribution in [2.75, 3.05) is 5.32 Å². The number of amides is 1. The van der Waals surface area contributed by atoms with Gasteiger partial charge in [0, 0.05) is 18.6 Å². The number of carbonyl (C=O) groups excluding carboxylic acids is 1. The van der Waals surface area contributed by atoms with Crippen LogP contribution in [0.1, 0.15) is 27.0 Å². The third kappa shape index (κ3) is 3.81. The van der Waals surface area contributed by atoms with Crippen molar-refractivity contribution in [3.63, 3.8) is 0 Å². The number of anilines is 1. The van der Waals surface area contributed by atoms with E-state index in [4.69, 9.17) is 0 Å². The summed E-state index contributed by atoms with van der Waals surface area (Å²) in [4.78, 5) is 21.2. The second-order valence-electron chi connectivity index (χ2n) is 7.67. The minimum absolute atomic E-state index is 0.252. The average molecular weight is 431 g/mol. The molecule has 2 aromatic heterocycles. The van der Waals surface area contributed by atoms with E-state index in [0.29, 0.717) is 11.4 Å². The third-order valence-electron chi connectivity index (χ3n) is 5.71. The van der Waals surface area contributed by atoms with E-state index in [1.54, 1.807) is 24.7 Å². The maximum atomic E-state index is 12.7. The van der Waals surface area contributed by atoms with Crippen LogP contribution in [0.5, 0.6) is 0 Å². The monoisotopic (exact) mass is 430 g/mol. The predicted octanol–water partition coefficient (Wildman–Crippen LogP) is 5.37. The van der Waals surface area contributed by atoms with Crippen LogP contribution >= 0.6 is 0 Å². The Morgan fingerprint density at radius 3 is 1.76 bits per heavy atom. The molecule has 2 heterocycles. The zero-order chi connectivity index (χ0) is 22.5. The fourth-order valence-corrected chi connectivity index (χ4v) is 4.24. The zero-order valence-corrected chi connectivity index (χ0v) is 17.9. The van der Waals surface area contributed by atoms with E-state index in [-0.39, 0.29) is 5.91 Å². The highest BCUT2D eigenvalue weighted by molar-refractivity contribution is 6.03. The molecule has 160 valence electrons. The van der Waals surface area contributed by atoms with Gasteiger partial charge in [-0.1, -0.05) is 91.0 Å². The molecule has 0 spiro atoms. The number of aromatic nitrogens is 3. The van der Waals surface area contributed by atoms with Gasteiger partial charge in [0.1, 0.15) is 5.54 Å². The number of nitrogens with zero attached hydrogens (tertiary/aromatic N) is 3. The molecule has 0 unspecified atom stereocenters. The van der Waals surface area contributed by atoms with Gasteiger partial charge in [0.05, 0.1) is 11.9 Å². The summed E-state index contributed by atoms with van der Waals surface area (Å²) in [6, 6.07) is 34.4. The molecule has 3 aromatic carbocycles. The van der Waals surface area contributed by atoms with E-state index in [2.05, 4.69) is 56.3 Å². The van der Waals surface area contributed by atoms with Crippen LogP contribution in [0, 0.1) is 0 Å². The smallest absolute Gasteiger partial charge is 0.258 e. The molecule has 0 bridgehead atoms. The lowest BCUT2D eigenvalue weighted by Crippen LogP contribution is -2.36. The summed E-state index contributed by atoms with van der Waals surface area (Å²) in [6.45, 7) is 0. The molecule has 5 nitrogen and oxygen atoms in total. The molecular weight excluding hydrogens is 408 g/mol. The van der Waals surface area contributed by atoms with Crippen molar-refractivity contribution in [1.29, 1.82) is 0 Å². The number of hydrogen-bond donors (Lipinski definition) is 1. The van der Waals surface area contributed by atoms with Gasteiger partial charge >= 0.3 is 0 Å². The molecule has 5 heteroatoms. The normalized spacial score (nSPS) is 11.2. The van der Waals surface area contributed by atoms with Gasteiger partial charge in [0.25, 0.3) is 5.91 Å². The van der Waals surface area contributed by atoms with Crippen molar-refractivity contribution in [2.45, 2.75) is 5.54 Å². The molecule has 0 fully saturated rings. The van der Waals surface area contributed by atoms with Gasteiger partial charge < -0.3 is 9.88 Å². The Balaban J connectivity index is 1.67. The molecule has 0 saturated heterocycles. The van der Waals surface area contributed by atoms with Gasteiger partial charge in [-0.25, -0.2) is 4.98 Å². The minimum atomic E-state index is -0.673. The van der Waals surface area contributed by atoms with Crippen molar-refractivity contribution >= 4 is 11.7 Å². The minimum Gasteiger partial charge on any atom is -0.317 e. The molecule has 0 aliphatic rings. The molecule has 0 aliphatic heterocycles. The van der Waals surface area contributed by atoms with Crippen LogP contribution in [0.25, 0.3) is 0 Å². The Bertz CT molecular complexity index is 1240. The van der Waals surface area contributed by atoms with E-state index in [1.165, 1.54) is 6.20 Å². The first-order valence-electron chi connectivity index (χ1n) is 10.7. The molecule has 0 aliphatic carbocycles. The van der Waals surface area contributed by atoms with Gasteiger partial charge in [0.2, 0.25) is 0 Å². The van der Waals surface area contributed by atoms with Crippen LogP contribution in [0.2, 0.25) is 0 Å². The Morgan fingerprint density at radius 1 is 0.727 bits per heavy atom. The summed E-state index contributed by atoms with van der Waals surface area (Å²) in [7, 11) is 0. The first-order chi connectivity index (χ1) is 16.3. The van der Waals surface area contributed by atoms with Crippen molar-refractivity contribution in [1.82, 2.24) is 14.5 Å². The van der Waals surface area contributed by atoms with E-state index < -0.39 is 5.54 Å². The quantitative estimate of drug-likeness (QED) is 0.369. The van der Waals surface area contributed by atoms with Crippen LogP contribution < -0.4 is 5.32 Å². The summed E-state index contributed by atoms with van der Waals surface area (Å²) in [5, 5.41) is 2.89. The first kappa shape index (κ1) is 20.4. The highest BCUT2D eigenvalue weighted by Gasteiger charge is 2.38. The number of imidazole rings is 1. The van der Waals surface area contributed by atoms with E-state index >= 15 is 0 Å². The summed E-state index contributed by atoms with van der Waals surface area (Å²) in [5.41, 5.74) is 3.07.